The number of aryl methyl sites for hydroxylation is 1. The van der Waals surface area contributed by atoms with Crippen LogP contribution in [0.15, 0.2) is 6.20 Å². The van der Waals surface area contributed by atoms with Crippen molar-refractivity contribution in [3.05, 3.63) is 11.9 Å². The third-order valence-electron chi connectivity index (χ3n) is 3.18. The molecule has 5 heteroatoms. The third kappa shape index (κ3) is 2.60. The molecule has 2 atom stereocenters. The van der Waals surface area contributed by atoms with E-state index in [0.29, 0.717) is 5.25 Å². The van der Waals surface area contributed by atoms with Gasteiger partial charge in [-0.05, 0) is 25.0 Å². The summed E-state index contributed by atoms with van der Waals surface area (Å²) in [5.74, 6) is 2.06. The van der Waals surface area contributed by atoms with Crippen molar-refractivity contribution in [3.8, 4) is 5.75 Å². The SMILES string of the molecule is CCCn1ncc(OC)c1C(N)C1CCCS1. The van der Waals surface area contributed by atoms with Crippen molar-refractivity contribution >= 4 is 11.8 Å². The molecule has 0 aliphatic carbocycles. The molecule has 2 heterocycles. The van der Waals surface area contributed by atoms with Gasteiger partial charge in [-0.3, -0.25) is 4.68 Å². The average molecular weight is 255 g/mol. The highest BCUT2D eigenvalue weighted by molar-refractivity contribution is 8.00. The maximum absolute atomic E-state index is 6.39. The van der Waals surface area contributed by atoms with Gasteiger partial charge < -0.3 is 10.5 Å². The number of nitrogens with two attached hydrogens (primary N) is 1. The largest absolute Gasteiger partial charge is 0.493 e. The second-order valence-electron chi connectivity index (χ2n) is 4.40. The van der Waals surface area contributed by atoms with Crippen molar-refractivity contribution < 1.29 is 4.74 Å². The van der Waals surface area contributed by atoms with Crippen LogP contribution in [0, 0.1) is 0 Å². The smallest absolute Gasteiger partial charge is 0.161 e. The highest BCUT2D eigenvalue weighted by atomic mass is 32.2. The van der Waals surface area contributed by atoms with Gasteiger partial charge in [0.2, 0.25) is 0 Å². The molecule has 0 saturated carbocycles. The Bertz CT molecular complexity index is 361. The molecule has 1 aliphatic rings. The van der Waals surface area contributed by atoms with Crippen molar-refractivity contribution in [2.24, 2.45) is 5.73 Å². The zero-order valence-electron chi connectivity index (χ0n) is 10.6. The van der Waals surface area contributed by atoms with Crippen LogP contribution >= 0.6 is 11.8 Å². The van der Waals surface area contributed by atoms with E-state index in [9.17, 15) is 0 Å². The van der Waals surface area contributed by atoms with Gasteiger partial charge in [-0.15, -0.1) is 0 Å². The van der Waals surface area contributed by atoms with Gasteiger partial charge in [0, 0.05) is 11.8 Å². The minimum absolute atomic E-state index is 0.0338. The van der Waals surface area contributed by atoms with Crippen molar-refractivity contribution in [1.29, 1.82) is 0 Å². The van der Waals surface area contributed by atoms with E-state index in [4.69, 9.17) is 10.5 Å². The second-order valence-corrected chi connectivity index (χ2v) is 5.75. The molecule has 2 N–H and O–H groups in total. The van der Waals surface area contributed by atoms with E-state index in [2.05, 4.69) is 12.0 Å². The summed E-state index contributed by atoms with van der Waals surface area (Å²) in [5, 5.41) is 4.88. The Hall–Kier alpha value is -0.680. The molecule has 2 unspecified atom stereocenters. The summed E-state index contributed by atoms with van der Waals surface area (Å²) in [4.78, 5) is 0. The van der Waals surface area contributed by atoms with Gasteiger partial charge in [-0.1, -0.05) is 6.92 Å². The van der Waals surface area contributed by atoms with Crippen LogP contribution in [0.1, 0.15) is 37.9 Å². The highest BCUT2D eigenvalue weighted by Gasteiger charge is 2.29. The molecule has 0 spiro atoms. The summed E-state index contributed by atoms with van der Waals surface area (Å²) in [6, 6.07) is 0.0338. The lowest BCUT2D eigenvalue weighted by Crippen LogP contribution is -2.25. The Morgan fingerprint density at radius 3 is 3.12 bits per heavy atom. The van der Waals surface area contributed by atoms with E-state index in [1.165, 1.54) is 18.6 Å². The fourth-order valence-electron chi connectivity index (χ4n) is 2.32. The van der Waals surface area contributed by atoms with Crippen LogP contribution in [0.2, 0.25) is 0 Å². The molecule has 0 bridgehead atoms. The number of rotatable bonds is 5. The fourth-order valence-corrected chi connectivity index (χ4v) is 3.63. The Labute approximate surface area is 107 Å². The average Bonchev–Trinajstić information content (AvgIpc) is 2.97. The lowest BCUT2D eigenvalue weighted by Gasteiger charge is -2.20. The number of hydrogen-bond donors (Lipinski definition) is 1. The molecule has 1 aromatic heterocycles. The molecule has 0 amide bonds. The van der Waals surface area contributed by atoms with E-state index in [0.717, 1.165) is 24.4 Å². The minimum atomic E-state index is 0.0338. The Morgan fingerprint density at radius 1 is 1.71 bits per heavy atom. The van der Waals surface area contributed by atoms with E-state index in [-0.39, 0.29) is 6.04 Å². The maximum atomic E-state index is 6.39. The number of nitrogens with zero attached hydrogens (tertiary/aromatic N) is 2. The number of thioether (sulfide) groups is 1. The van der Waals surface area contributed by atoms with Crippen LogP contribution in [0.25, 0.3) is 0 Å². The summed E-state index contributed by atoms with van der Waals surface area (Å²) in [5.41, 5.74) is 7.45. The van der Waals surface area contributed by atoms with Crippen molar-refractivity contribution in [1.82, 2.24) is 9.78 Å². The van der Waals surface area contributed by atoms with Crippen LogP contribution in [-0.2, 0) is 6.54 Å². The van der Waals surface area contributed by atoms with Gasteiger partial charge in [-0.25, -0.2) is 0 Å². The summed E-state index contributed by atoms with van der Waals surface area (Å²) >= 11 is 1.97. The van der Waals surface area contributed by atoms with Crippen molar-refractivity contribution in [2.45, 2.75) is 44.0 Å². The van der Waals surface area contributed by atoms with Gasteiger partial charge in [0.25, 0.3) is 0 Å². The van der Waals surface area contributed by atoms with Crippen LogP contribution < -0.4 is 10.5 Å². The van der Waals surface area contributed by atoms with E-state index < -0.39 is 0 Å². The van der Waals surface area contributed by atoms with Crippen LogP contribution in [0.4, 0.5) is 0 Å². The Balaban J connectivity index is 2.23. The molecular formula is C12H21N3OS. The van der Waals surface area contributed by atoms with Gasteiger partial charge in [0.05, 0.1) is 25.0 Å². The third-order valence-corrected chi connectivity index (χ3v) is 4.66. The molecule has 1 fully saturated rings. The van der Waals surface area contributed by atoms with Crippen LogP contribution in [0.5, 0.6) is 5.75 Å². The molecular weight excluding hydrogens is 234 g/mol. The maximum Gasteiger partial charge on any atom is 0.161 e. The molecule has 4 nitrogen and oxygen atoms in total. The molecule has 0 aromatic carbocycles. The topological polar surface area (TPSA) is 53.1 Å². The number of hydrogen-bond acceptors (Lipinski definition) is 4. The molecule has 96 valence electrons. The monoisotopic (exact) mass is 255 g/mol. The van der Waals surface area contributed by atoms with Crippen LogP contribution in [-0.4, -0.2) is 27.9 Å². The first-order chi connectivity index (χ1) is 8.27. The first-order valence-electron chi connectivity index (χ1n) is 6.24. The van der Waals surface area contributed by atoms with Crippen molar-refractivity contribution in [2.75, 3.05) is 12.9 Å². The fraction of sp³-hybridized carbons (Fsp3) is 0.750. The summed E-state index contributed by atoms with van der Waals surface area (Å²) < 4.78 is 7.38. The van der Waals surface area contributed by atoms with E-state index in [1.807, 2.05) is 16.4 Å². The van der Waals surface area contributed by atoms with Gasteiger partial charge >= 0.3 is 0 Å². The quantitative estimate of drug-likeness (QED) is 0.876. The number of ether oxygens (including phenoxy) is 1. The van der Waals surface area contributed by atoms with Crippen molar-refractivity contribution in [3.63, 3.8) is 0 Å². The number of aromatic nitrogens is 2. The zero-order valence-corrected chi connectivity index (χ0v) is 11.4. The summed E-state index contributed by atoms with van der Waals surface area (Å²) in [7, 11) is 1.69. The van der Waals surface area contributed by atoms with Gasteiger partial charge in [0.1, 0.15) is 0 Å². The van der Waals surface area contributed by atoms with Gasteiger partial charge in [-0.2, -0.15) is 16.9 Å². The Kier molecular flexibility index (Phi) is 4.34. The molecule has 1 aliphatic heterocycles. The highest BCUT2D eigenvalue weighted by Crippen LogP contribution is 2.37. The Morgan fingerprint density at radius 2 is 2.53 bits per heavy atom. The van der Waals surface area contributed by atoms with E-state index in [1.54, 1.807) is 13.3 Å². The molecule has 1 saturated heterocycles. The normalized spacial score (nSPS) is 21.7. The standard InChI is InChI=1S/C12H21N3OS/c1-3-6-15-12(9(16-2)8-14-15)11(13)10-5-4-7-17-10/h8,10-11H,3-7,13H2,1-2H3. The first kappa shape index (κ1) is 12.8. The lowest BCUT2D eigenvalue weighted by molar-refractivity contribution is 0.399. The predicted molar refractivity (Wildman–Crippen MR) is 71.5 cm³/mol. The zero-order chi connectivity index (χ0) is 12.3. The molecule has 2 rings (SSSR count). The number of methoxy groups -OCH3 is 1. The minimum Gasteiger partial charge on any atom is -0.493 e. The molecule has 1 aromatic rings. The van der Waals surface area contributed by atoms with E-state index >= 15 is 0 Å². The summed E-state index contributed by atoms with van der Waals surface area (Å²) in [6.07, 6.45) is 5.31. The first-order valence-corrected chi connectivity index (χ1v) is 7.29. The second kappa shape index (κ2) is 5.78. The molecule has 0 radical (unpaired) electrons. The predicted octanol–water partition coefficient (Wildman–Crippen LogP) is 2.20. The molecule has 17 heavy (non-hydrogen) atoms. The van der Waals surface area contributed by atoms with Gasteiger partial charge in [0.15, 0.2) is 5.75 Å². The lowest BCUT2D eigenvalue weighted by atomic mass is 10.1. The van der Waals surface area contributed by atoms with Crippen LogP contribution in [0.3, 0.4) is 0 Å². The summed E-state index contributed by atoms with van der Waals surface area (Å²) in [6.45, 7) is 3.05.